The molecule has 0 radical (unpaired) electrons. The number of amides is 6. The minimum Gasteiger partial charge on any atom is -0.480 e. The van der Waals surface area contributed by atoms with Gasteiger partial charge in [0.25, 0.3) is 0 Å². The Labute approximate surface area is 859 Å². The minimum atomic E-state index is -1.37. The molecule has 12 rings (SSSR count). The topological polar surface area (TPSA) is 326 Å². The van der Waals surface area contributed by atoms with Crippen molar-refractivity contribution in [1.29, 1.82) is 0 Å². The number of ether oxygens (including phenoxy) is 6. The number of Topliss-reactive ketones (excluding diaryl/α,β-unsaturated/α-hetero) is 3. The molecule has 4 N–H and O–H groups in total. The second kappa shape index (κ2) is 55.9. The summed E-state index contributed by atoms with van der Waals surface area (Å²) in [6.45, 7) is 19.7. The number of carboxylic acid groups (broad SMARTS) is 1. The Bertz CT molecular complexity index is 5270. The van der Waals surface area contributed by atoms with Crippen molar-refractivity contribution in [3.05, 3.63) is 224 Å². The van der Waals surface area contributed by atoms with Crippen LogP contribution in [0.1, 0.15) is 222 Å². The van der Waals surface area contributed by atoms with Crippen molar-refractivity contribution in [2.24, 2.45) is 35.3 Å². The summed E-state index contributed by atoms with van der Waals surface area (Å²) in [6.07, 6.45) is 10.7. The average molecular weight is 2030 g/mol. The van der Waals surface area contributed by atoms with Gasteiger partial charge in [-0.1, -0.05) is 227 Å². The SMILES string of the molecule is C.C.CC(C)(NC(=O)OCC1c2ccccc2-c2ccccc21)C(=O)O.CC[C@H](C)[C@@H]([C@@H](CC(=O)N1CCC[C@H]1[C@H](OC)[C@@H](C)C(=O)C[C@@H](Cc1ccccc1)c1nccs1)OC)N(C)C(=O)[C@@H](N)CSC.CC[C@H](C)[C@@H]([C@@H](CC(=O)N1CCC[C@H]1[C@H](OC)[C@@H](C)C(=O)C[C@@H](Cc1ccccc1)c1nccs1)OC)N(C)C(=O)[C@H](CSC)CC(=O)C(C)(C)N(C)C(=O)OCC1c2ccccc2-c2ccccc21. The van der Waals surface area contributed by atoms with E-state index in [-0.39, 0.29) is 142 Å². The summed E-state index contributed by atoms with van der Waals surface area (Å²) >= 11 is 6.14. The molecule has 142 heavy (non-hydrogen) atoms. The van der Waals surface area contributed by atoms with Crippen molar-refractivity contribution < 1.29 is 81.5 Å². The van der Waals surface area contributed by atoms with Crippen LogP contribution in [0.25, 0.3) is 22.3 Å². The molecular formula is C112H155N9O17S4. The number of carbonyl (C=O) groups is 10. The minimum absolute atomic E-state index is 0. The maximum atomic E-state index is 14.7. The molecule has 6 amide bonds. The van der Waals surface area contributed by atoms with Crippen LogP contribution < -0.4 is 11.1 Å². The first-order valence-corrected chi connectivity index (χ1v) is 53.5. The van der Waals surface area contributed by atoms with E-state index >= 15 is 0 Å². The van der Waals surface area contributed by atoms with Gasteiger partial charge in [0.2, 0.25) is 23.6 Å². The first-order chi connectivity index (χ1) is 67.0. The number of benzene rings is 6. The predicted molar refractivity (Wildman–Crippen MR) is 570 cm³/mol. The largest absolute Gasteiger partial charge is 0.480 e. The van der Waals surface area contributed by atoms with E-state index in [1.807, 2.05) is 151 Å². The maximum absolute atomic E-state index is 14.7. The number of nitrogens with zero attached hydrogens (tertiary/aromatic N) is 7. The molecular weight excluding hydrogens is 1870 g/mol. The number of methoxy groups -OCH3 is 4. The van der Waals surface area contributed by atoms with E-state index in [1.54, 1.807) is 108 Å². The van der Waals surface area contributed by atoms with E-state index in [1.165, 1.54) is 47.8 Å². The number of aromatic nitrogens is 2. The number of aliphatic carboxylic acids is 1. The third-order valence-electron chi connectivity index (χ3n) is 29.1. The molecule has 2 aromatic heterocycles. The highest BCUT2D eigenvalue weighted by atomic mass is 32.2. The number of hydrogen-bond donors (Lipinski definition) is 3. The highest BCUT2D eigenvalue weighted by Crippen LogP contribution is 2.47. The third kappa shape index (κ3) is 29.4. The summed E-state index contributed by atoms with van der Waals surface area (Å²) in [5.41, 5.74) is 14.8. The summed E-state index contributed by atoms with van der Waals surface area (Å²) in [5.74, 6) is -2.68. The van der Waals surface area contributed by atoms with Gasteiger partial charge in [-0.3, -0.25) is 38.5 Å². The van der Waals surface area contributed by atoms with E-state index in [9.17, 15) is 47.9 Å². The van der Waals surface area contributed by atoms with Crippen LogP contribution in [0.15, 0.2) is 181 Å². The molecule has 774 valence electrons. The number of hydrogen-bond acceptors (Lipinski definition) is 23. The second-order valence-corrected chi connectivity index (χ2v) is 42.4. The van der Waals surface area contributed by atoms with Gasteiger partial charge in [-0.25, -0.2) is 24.4 Å². The number of nitrogens with one attached hydrogen (secondary N) is 1. The molecule has 0 unspecified atom stereocenters. The van der Waals surface area contributed by atoms with Crippen LogP contribution in [0, 0.1) is 29.6 Å². The Hall–Kier alpha value is -10.0. The standard InChI is InChI=1S/C56H74N4O8S2.C35H54N4O5S2.C19H19NO4.2CH4/c1-11-36(2)51(48(66-8)33-50(63)60-28-19-26-46(60)52(67-9)37(3)47(61)31-39(53-57-27-29-70-53)30-38-20-13-12-14-21-38)58(6)54(64)40(35-69-10)32-49(62)56(4,5)59(7)55(65)68-34-45-43-24-17-15-22-41(43)42-23-16-18-25-44(42)45;1-8-23(2)32(38(4)35(42)27(36)22-45-7)30(43-5)21-31(41)39-17-12-15-28(39)33(44-6)24(3)29(40)20-26(34-37-16-18-46-34)19-25-13-10-9-11-14-25;1-19(2,17(21)22)20-18(23)24-11-16-14-9-5-3-7-12(14)13-8-4-6-10-15(13)16;;/h12-18,20-25,27,29,36-37,39-40,45-46,48,51-52H,11,19,26,28,30-35H2,1-10H3;9-11,13-14,16,18,23-24,26-28,30,32-33H,8,12,15,17,19-22,36H2,1-7H3;3-10,16H,11H2,1-2H3,(H,20,23)(H,21,22);2*1H4/t36-,37-,39+,40-,46-,48+,51-,52+;23-,24-,26+,27-,28-,30+,32-,33+;;;/m00.../s1. The van der Waals surface area contributed by atoms with Crippen molar-refractivity contribution in [2.75, 3.05) is 99.9 Å². The number of nitrogens with two attached hydrogens (primary N) is 1. The van der Waals surface area contributed by atoms with Crippen LogP contribution in [-0.2, 0) is 79.6 Å². The van der Waals surface area contributed by atoms with Gasteiger partial charge in [-0.05, 0) is 146 Å². The van der Waals surface area contributed by atoms with E-state index in [4.69, 9.17) is 39.3 Å². The van der Waals surface area contributed by atoms with E-state index in [0.29, 0.717) is 56.7 Å². The van der Waals surface area contributed by atoms with E-state index in [2.05, 4.69) is 96.7 Å². The molecule has 30 heteroatoms. The molecule has 2 aliphatic heterocycles. The van der Waals surface area contributed by atoms with Crippen molar-refractivity contribution in [1.82, 2.24) is 39.8 Å². The molecule has 0 saturated carbocycles. The first kappa shape index (κ1) is 117. The lowest BCUT2D eigenvalue weighted by atomic mass is 9.85. The zero-order valence-electron chi connectivity index (χ0n) is 85.0. The molecule has 8 aromatic rings. The number of carbonyl (C=O) groups excluding carboxylic acids is 9. The Morgan fingerprint density at radius 1 is 0.514 bits per heavy atom. The Kier molecular flexibility index (Phi) is 46.1. The highest BCUT2D eigenvalue weighted by Gasteiger charge is 2.48. The van der Waals surface area contributed by atoms with Crippen molar-refractivity contribution in [3.8, 4) is 22.3 Å². The van der Waals surface area contributed by atoms with E-state index < -0.39 is 83.5 Å². The van der Waals surface area contributed by atoms with Crippen LogP contribution in [0.4, 0.5) is 9.59 Å². The van der Waals surface area contributed by atoms with Gasteiger partial charge in [0.1, 0.15) is 30.3 Å². The molecule has 26 nitrogen and oxygen atoms in total. The Morgan fingerprint density at radius 2 is 0.887 bits per heavy atom. The summed E-state index contributed by atoms with van der Waals surface area (Å²) in [6, 6.07) is 50.7. The summed E-state index contributed by atoms with van der Waals surface area (Å²) in [5, 5.41) is 17.2. The van der Waals surface area contributed by atoms with Gasteiger partial charge >= 0.3 is 18.2 Å². The monoisotopic (exact) mass is 2030 g/mol. The van der Waals surface area contributed by atoms with Crippen LogP contribution in [-0.4, -0.2) is 264 Å². The van der Waals surface area contributed by atoms with Gasteiger partial charge in [0.05, 0.1) is 88.9 Å². The van der Waals surface area contributed by atoms with Gasteiger partial charge < -0.3 is 64.2 Å². The summed E-state index contributed by atoms with van der Waals surface area (Å²) < 4.78 is 35.4. The maximum Gasteiger partial charge on any atom is 0.410 e. The van der Waals surface area contributed by atoms with Crippen molar-refractivity contribution in [3.63, 3.8) is 0 Å². The number of likely N-dealkylation sites (N-methyl/N-ethyl adjacent to an activating group) is 3. The number of likely N-dealkylation sites (tertiary alicyclic amines) is 2. The van der Waals surface area contributed by atoms with Gasteiger partial charge in [0, 0.05) is 152 Å². The molecule has 16 atom stereocenters. The van der Waals surface area contributed by atoms with Gasteiger partial charge in [-0.2, -0.15) is 23.5 Å². The van der Waals surface area contributed by atoms with Crippen LogP contribution in [0.2, 0.25) is 0 Å². The second-order valence-electron chi connectivity index (χ2n) is 38.7. The zero-order valence-corrected chi connectivity index (χ0v) is 88.2. The van der Waals surface area contributed by atoms with Crippen LogP contribution in [0.3, 0.4) is 0 Å². The number of alkyl carbamates (subject to hydrolysis) is 1. The quantitative estimate of drug-likeness (QED) is 0.0319. The number of ketones is 3. The number of carboxylic acids is 1. The lowest BCUT2D eigenvalue weighted by molar-refractivity contribution is -0.148. The molecule has 0 spiro atoms. The molecule has 4 aliphatic rings. The van der Waals surface area contributed by atoms with E-state index in [0.717, 1.165) is 92.2 Å². The normalized spacial score (nSPS) is 17.2. The fraction of sp³-hybridized carbons (Fsp3) is 0.536. The molecule has 0 bridgehead atoms. The number of rotatable bonds is 48. The summed E-state index contributed by atoms with van der Waals surface area (Å²) in [4.78, 5) is 153. The van der Waals surface area contributed by atoms with Crippen LogP contribution in [0.5, 0.6) is 0 Å². The Balaban J connectivity index is 0.000000292. The third-order valence-corrected chi connectivity index (χ3v) is 32.4. The summed E-state index contributed by atoms with van der Waals surface area (Å²) in [7, 11) is 11.5. The zero-order chi connectivity index (χ0) is 102. The highest BCUT2D eigenvalue weighted by molar-refractivity contribution is 7.98. The smallest absolute Gasteiger partial charge is 0.410 e. The molecule has 2 fully saturated rings. The lowest BCUT2D eigenvalue weighted by Gasteiger charge is -2.40. The predicted octanol–water partition coefficient (Wildman–Crippen LogP) is 19.6. The van der Waals surface area contributed by atoms with Crippen LogP contribution >= 0.6 is 46.2 Å². The molecule has 4 heterocycles. The fourth-order valence-electron chi connectivity index (χ4n) is 20.4. The fourth-order valence-corrected chi connectivity index (χ4v) is 23.1. The molecule has 2 aliphatic carbocycles. The first-order valence-electron chi connectivity index (χ1n) is 48.9. The van der Waals surface area contributed by atoms with Gasteiger partial charge in [-0.15, -0.1) is 22.7 Å². The lowest BCUT2D eigenvalue weighted by Crippen LogP contribution is -2.55. The Morgan fingerprint density at radius 3 is 1.24 bits per heavy atom. The number of fused-ring (bicyclic) bond motifs is 6. The van der Waals surface area contributed by atoms with Crippen molar-refractivity contribution in [2.45, 2.75) is 257 Å². The van der Waals surface area contributed by atoms with Gasteiger partial charge in [0.15, 0.2) is 5.78 Å². The average Bonchev–Trinajstić information content (AvgIpc) is 1.61. The van der Waals surface area contributed by atoms with Crippen molar-refractivity contribution >= 4 is 105 Å². The molecule has 6 aromatic carbocycles. The number of thioether (sulfide) groups is 2. The number of thiazole rings is 2. The molecule has 2 saturated heterocycles.